The minimum absolute atomic E-state index is 0.0928. The van der Waals surface area contributed by atoms with Crippen LogP contribution < -0.4 is 10.1 Å². The molecule has 0 aliphatic rings. The fourth-order valence-corrected chi connectivity index (χ4v) is 1.54. The highest BCUT2D eigenvalue weighted by molar-refractivity contribution is 5.26. The molecule has 2 rings (SSSR count). The minimum atomic E-state index is -0.970. The van der Waals surface area contributed by atoms with Crippen molar-refractivity contribution in [1.82, 2.24) is 15.3 Å². The van der Waals surface area contributed by atoms with Gasteiger partial charge < -0.3 is 10.1 Å². The molecule has 0 spiro atoms. The summed E-state index contributed by atoms with van der Waals surface area (Å²) in [4.78, 5) is 8.03. The zero-order chi connectivity index (χ0) is 14.4. The van der Waals surface area contributed by atoms with Crippen LogP contribution in [0, 0.1) is 11.6 Å². The van der Waals surface area contributed by atoms with Crippen molar-refractivity contribution in [2.75, 3.05) is 6.54 Å². The van der Waals surface area contributed by atoms with E-state index in [1.54, 1.807) is 12.4 Å². The van der Waals surface area contributed by atoms with Crippen molar-refractivity contribution in [3.8, 4) is 11.8 Å². The van der Waals surface area contributed by atoms with Crippen LogP contribution in [0.4, 0.5) is 8.78 Å². The predicted octanol–water partition coefficient (Wildman–Crippen LogP) is 3.05. The first-order valence-corrected chi connectivity index (χ1v) is 6.33. The Morgan fingerprint density at radius 1 is 1.15 bits per heavy atom. The van der Waals surface area contributed by atoms with E-state index in [1.165, 1.54) is 6.07 Å². The van der Waals surface area contributed by atoms with E-state index in [4.69, 9.17) is 4.74 Å². The van der Waals surface area contributed by atoms with Crippen LogP contribution in [0.25, 0.3) is 0 Å². The number of halogens is 2. The molecule has 0 aliphatic heterocycles. The van der Waals surface area contributed by atoms with Gasteiger partial charge in [-0.25, -0.2) is 18.7 Å². The maximum atomic E-state index is 13.0. The fraction of sp³-hybridized carbons (Fsp3) is 0.286. The molecule has 20 heavy (non-hydrogen) atoms. The van der Waals surface area contributed by atoms with Crippen LogP contribution >= 0.6 is 0 Å². The van der Waals surface area contributed by atoms with Gasteiger partial charge in [0.1, 0.15) is 5.75 Å². The second-order valence-electron chi connectivity index (χ2n) is 4.23. The van der Waals surface area contributed by atoms with Crippen LogP contribution in [-0.4, -0.2) is 16.5 Å². The van der Waals surface area contributed by atoms with E-state index in [1.807, 2.05) is 0 Å². The third kappa shape index (κ3) is 3.96. The lowest BCUT2D eigenvalue weighted by Crippen LogP contribution is -2.14. The van der Waals surface area contributed by atoms with Gasteiger partial charge in [0.2, 0.25) is 0 Å². The summed E-state index contributed by atoms with van der Waals surface area (Å²) in [6.07, 6.45) is 4.31. The molecule has 4 nitrogen and oxygen atoms in total. The molecule has 106 valence electrons. The zero-order valence-corrected chi connectivity index (χ0v) is 11.1. The Labute approximate surface area is 115 Å². The summed E-state index contributed by atoms with van der Waals surface area (Å²) in [7, 11) is 0. The predicted molar refractivity (Wildman–Crippen MR) is 70.5 cm³/mol. The van der Waals surface area contributed by atoms with Gasteiger partial charge in [-0.2, -0.15) is 0 Å². The average molecular weight is 279 g/mol. The van der Waals surface area contributed by atoms with Gasteiger partial charge in [-0.1, -0.05) is 6.92 Å². The summed E-state index contributed by atoms with van der Waals surface area (Å²) in [5.41, 5.74) is 0.927. The number of rotatable bonds is 6. The van der Waals surface area contributed by atoms with Gasteiger partial charge >= 0.3 is 6.01 Å². The second-order valence-corrected chi connectivity index (χ2v) is 4.23. The van der Waals surface area contributed by atoms with Gasteiger partial charge in [-0.15, -0.1) is 0 Å². The second kappa shape index (κ2) is 6.91. The van der Waals surface area contributed by atoms with Crippen LogP contribution in [0.5, 0.6) is 11.8 Å². The van der Waals surface area contributed by atoms with E-state index < -0.39 is 11.6 Å². The summed E-state index contributed by atoms with van der Waals surface area (Å²) in [6.45, 7) is 3.69. The molecule has 0 fully saturated rings. The van der Waals surface area contributed by atoms with Crippen molar-refractivity contribution in [2.45, 2.75) is 19.9 Å². The lowest BCUT2D eigenvalue weighted by atomic mass is 10.3. The van der Waals surface area contributed by atoms with Crippen molar-refractivity contribution in [3.05, 3.63) is 47.8 Å². The highest BCUT2D eigenvalue weighted by Crippen LogP contribution is 2.19. The number of ether oxygens (including phenoxy) is 1. The first-order chi connectivity index (χ1) is 9.69. The van der Waals surface area contributed by atoms with Gasteiger partial charge in [0.05, 0.1) is 0 Å². The monoisotopic (exact) mass is 279 g/mol. The molecule has 0 unspecified atom stereocenters. The van der Waals surface area contributed by atoms with Crippen molar-refractivity contribution >= 4 is 0 Å². The maximum Gasteiger partial charge on any atom is 0.321 e. The number of benzene rings is 1. The van der Waals surface area contributed by atoms with Crippen molar-refractivity contribution in [1.29, 1.82) is 0 Å². The van der Waals surface area contributed by atoms with Gasteiger partial charge in [-0.3, -0.25) is 0 Å². The fourth-order valence-electron chi connectivity index (χ4n) is 1.54. The van der Waals surface area contributed by atoms with Gasteiger partial charge in [0, 0.05) is 30.6 Å². The van der Waals surface area contributed by atoms with Crippen molar-refractivity contribution in [2.24, 2.45) is 0 Å². The third-order valence-corrected chi connectivity index (χ3v) is 2.54. The number of hydrogen-bond donors (Lipinski definition) is 1. The number of aromatic nitrogens is 2. The molecule has 0 bridgehead atoms. The molecule has 1 heterocycles. The highest BCUT2D eigenvalue weighted by atomic mass is 19.2. The van der Waals surface area contributed by atoms with Crippen LogP contribution in [-0.2, 0) is 6.54 Å². The Morgan fingerprint density at radius 2 is 1.90 bits per heavy atom. The molecule has 1 aromatic heterocycles. The molecule has 0 radical (unpaired) electrons. The summed E-state index contributed by atoms with van der Waals surface area (Å²) in [5, 5.41) is 3.22. The van der Waals surface area contributed by atoms with Crippen LogP contribution in [0.3, 0.4) is 0 Å². The number of nitrogens with one attached hydrogen (secondary N) is 1. The lowest BCUT2D eigenvalue weighted by molar-refractivity contribution is 0.430. The minimum Gasteiger partial charge on any atom is -0.424 e. The zero-order valence-electron chi connectivity index (χ0n) is 11.1. The topological polar surface area (TPSA) is 47.0 Å². The standard InChI is InChI=1S/C14H15F2N3O/c1-2-5-17-7-10-8-18-14(19-9-10)20-11-3-4-12(15)13(16)6-11/h3-4,6,8-9,17H,2,5,7H2,1H3. The van der Waals surface area contributed by atoms with Crippen LogP contribution in [0.1, 0.15) is 18.9 Å². The molecule has 2 aromatic rings. The van der Waals surface area contributed by atoms with E-state index in [0.29, 0.717) is 6.54 Å². The maximum absolute atomic E-state index is 13.0. The SMILES string of the molecule is CCCNCc1cnc(Oc2ccc(F)c(F)c2)nc1. The van der Waals surface area contributed by atoms with E-state index in [-0.39, 0.29) is 11.8 Å². The molecule has 1 N–H and O–H groups in total. The number of hydrogen-bond acceptors (Lipinski definition) is 4. The third-order valence-electron chi connectivity index (χ3n) is 2.54. The van der Waals surface area contributed by atoms with E-state index in [2.05, 4.69) is 22.2 Å². The summed E-state index contributed by atoms with van der Waals surface area (Å²) < 4.78 is 31.0. The molecular formula is C14H15F2N3O. The summed E-state index contributed by atoms with van der Waals surface area (Å²) >= 11 is 0. The summed E-state index contributed by atoms with van der Waals surface area (Å²) in [6, 6.07) is 3.36. The number of nitrogens with zero attached hydrogens (tertiary/aromatic N) is 2. The Morgan fingerprint density at radius 3 is 2.55 bits per heavy atom. The van der Waals surface area contributed by atoms with Gasteiger partial charge in [0.15, 0.2) is 11.6 Å². The van der Waals surface area contributed by atoms with E-state index in [9.17, 15) is 8.78 Å². The normalized spacial score (nSPS) is 10.6. The molecule has 0 saturated carbocycles. The Kier molecular flexibility index (Phi) is 4.95. The summed E-state index contributed by atoms with van der Waals surface area (Å²) in [5.74, 6) is -1.74. The lowest BCUT2D eigenvalue weighted by Gasteiger charge is -2.05. The highest BCUT2D eigenvalue weighted by Gasteiger charge is 2.06. The smallest absolute Gasteiger partial charge is 0.321 e. The van der Waals surface area contributed by atoms with Crippen LogP contribution in [0.2, 0.25) is 0 Å². The molecule has 0 atom stereocenters. The molecule has 6 heteroatoms. The largest absolute Gasteiger partial charge is 0.424 e. The molecule has 0 saturated heterocycles. The molecular weight excluding hydrogens is 264 g/mol. The van der Waals surface area contributed by atoms with Crippen LogP contribution in [0.15, 0.2) is 30.6 Å². The first kappa shape index (κ1) is 14.3. The van der Waals surface area contributed by atoms with E-state index in [0.717, 1.165) is 30.7 Å². The van der Waals surface area contributed by atoms with Gasteiger partial charge in [-0.05, 0) is 25.1 Å². The van der Waals surface area contributed by atoms with Crippen molar-refractivity contribution < 1.29 is 13.5 Å². The Hall–Kier alpha value is -2.08. The average Bonchev–Trinajstić information content (AvgIpc) is 2.45. The Balaban J connectivity index is 1.97. The first-order valence-electron chi connectivity index (χ1n) is 6.33. The molecule has 1 aromatic carbocycles. The molecule has 0 aliphatic carbocycles. The van der Waals surface area contributed by atoms with Gasteiger partial charge in [0.25, 0.3) is 0 Å². The molecule has 0 amide bonds. The Bertz CT molecular complexity index is 561. The quantitative estimate of drug-likeness (QED) is 0.826. The van der Waals surface area contributed by atoms with Crippen molar-refractivity contribution in [3.63, 3.8) is 0 Å². The van der Waals surface area contributed by atoms with E-state index >= 15 is 0 Å².